The summed E-state index contributed by atoms with van der Waals surface area (Å²) in [5.74, 6) is 0.788. The Kier molecular flexibility index (Phi) is 2.41. The van der Waals surface area contributed by atoms with E-state index in [2.05, 4.69) is 35.4 Å². The number of rotatable bonds is 3. The first-order valence-corrected chi connectivity index (χ1v) is 5.88. The van der Waals surface area contributed by atoms with Crippen molar-refractivity contribution in [3.63, 3.8) is 0 Å². The van der Waals surface area contributed by atoms with Crippen LogP contribution in [0.5, 0.6) is 0 Å². The lowest BCUT2D eigenvalue weighted by Crippen LogP contribution is -1.96. The van der Waals surface area contributed by atoms with Crippen molar-refractivity contribution in [3.05, 3.63) is 47.8 Å². The second kappa shape index (κ2) is 4.06. The Morgan fingerprint density at radius 3 is 2.65 bits per heavy atom. The Bertz CT molecular complexity index is 556. The minimum absolute atomic E-state index is 0.368. The molecule has 0 saturated heterocycles. The molecule has 0 radical (unpaired) electrons. The molecule has 2 aromatic rings. The summed E-state index contributed by atoms with van der Waals surface area (Å²) in [6, 6.07) is 12.5. The van der Waals surface area contributed by atoms with Crippen LogP contribution in [0.3, 0.4) is 0 Å². The third kappa shape index (κ3) is 2.07. The third-order valence-corrected chi connectivity index (χ3v) is 3.11. The fourth-order valence-corrected chi connectivity index (χ4v) is 2.00. The molecule has 3 heteroatoms. The van der Waals surface area contributed by atoms with Gasteiger partial charge in [0.1, 0.15) is 0 Å². The van der Waals surface area contributed by atoms with Gasteiger partial charge in [-0.05, 0) is 42.5 Å². The maximum atomic E-state index is 8.60. The highest BCUT2D eigenvalue weighted by molar-refractivity contribution is 5.36. The van der Waals surface area contributed by atoms with Gasteiger partial charge in [0.2, 0.25) is 0 Å². The summed E-state index contributed by atoms with van der Waals surface area (Å²) in [6.07, 6.45) is 4.92. The number of nitrogens with zero attached hydrogens (tertiary/aromatic N) is 3. The maximum absolute atomic E-state index is 8.60. The largest absolute Gasteiger partial charge is 0.241 e. The molecule has 0 N–H and O–H groups in total. The number of nitriles is 1. The summed E-state index contributed by atoms with van der Waals surface area (Å²) in [5.41, 5.74) is 3.30. The Labute approximate surface area is 100 Å². The number of aromatic nitrogens is 2. The molecular formula is C14H13N3. The van der Waals surface area contributed by atoms with Crippen molar-refractivity contribution >= 4 is 0 Å². The van der Waals surface area contributed by atoms with E-state index in [1.807, 2.05) is 16.9 Å². The summed E-state index contributed by atoms with van der Waals surface area (Å²) in [7, 11) is 0. The molecule has 1 fully saturated rings. The Hall–Kier alpha value is -2.08. The van der Waals surface area contributed by atoms with E-state index in [-0.39, 0.29) is 0 Å². The molecule has 17 heavy (non-hydrogen) atoms. The van der Waals surface area contributed by atoms with Crippen LogP contribution in [0.25, 0.3) is 5.69 Å². The molecule has 3 nitrogen and oxygen atoms in total. The van der Waals surface area contributed by atoms with Gasteiger partial charge in [-0.1, -0.05) is 12.1 Å². The van der Waals surface area contributed by atoms with Crippen LogP contribution in [0, 0.1) is 11.3 Å². The second-order valence-electron chi connectivity index (χ2n) is 4.45. The summed E-state index contributed by atoms with van der Waals surface area (Å²) in [5, 5.41) is 13.0. The topological polar surface area (TPSA) is 41.6 Å². The van der Waals surface area contributed by atoms with E-state index in [4.69, 9.17) is 5.26 Å². The summed E-state index contributed by atoms with van der Waals surface area (Å²) < 4.78 is 1.82. The van der Waals surface area contributed by atoms with Crippen molar-refractivity contribution in [1.82, 2.24) is 9.78 Å². The lowest BCUT2D eigenvalue weighted by Gasteiger charge is -2.03. The van der Waals surface area contributed by atoms with Gasteiger partial charge in [0, 0.05) is 6.20 Å². The molecule has 0 unspecified atom stereocenters. The SMILES string of the molecule is N#CCc1ccn(-c2ccc(C3CC3)cc2)n1. The lowest BCUT2D eigenvalue weighted by atomic mass is 10.1. The molecule has 0 spiro atoms. The first kappa shape index (κ1) is 10.1. The van der Waals surface area contributed by atoms with Crippen LogP contribution in [0.4, 0.5) is 0 Å². The summed E-state index contributed by atoms with van der Waals surface area (Å²) >= 11 is 0. The molecule has 0 atom stereocenters. The number of benzene rings is 1. The minimum atomic E-state index is 0.368. The van der Waals surface area contributed by atoms with Gasteiger partial charge < -0.3 is 0 Å². The first-order chi connectivity index (χ1) is 8.36. The molecule has 84 valence electrons. The zero-order valence-electron chi connectivity index (χ0n) is 9.50. The third-order valence-electron chi connectivity index (χ3n) is 3.11. The molecule has 1 aromatic carbocycles. The molecule has 1 saturated carbocycles. The Morgan fingerprint density at radius 1 is 1.24 bits per heavy atom. The molecule has 0 aliphatic heterocycles. The normalized spacial score (nSPS) is 14.5. The van der Waals surface area contributed by atoms with Gasteiger partial charge in [-0.3, -0.25) is 0 Å². The average Bonchev–Trinajstić information content (AvgIpc) is 3.11. The van der Waals surface area contributed by atoms with E-state index < -0.39 is 0 Å². The molecule has 0 bridgehead atoms. The Morgan fingerprint density at radius 2 is 2.00 bits per heavy atom. The van der Waals surface area contributed by atoms with Crippen molar-refractivity contribution < 1.29 is 0 Å². The predicted octanol–water partition coefficient (Wildman–Crippen LogP) is 2.82. The van der Waals surface area contributed by atoms with Gasteiger partial charge in [0.25, 0.3) is 0 Å². The zero-order chi connectivity index (χ0) is 11.7. The predicted molar refractivity (Wildman–Crippen MR) is 64.9 cm³/mol. The quantitative estimate of drug-likeness (QED) is 0.802. The van der Waals surface area contributed by atoms with Crippen LogP contribution in [0.1, 0.15) is 30.0 Å². The molecule has 1 heterocycles. The standard InChI is InChI=1S/C14H13N3/c15-9-7-13-8-10-17(16-13)14-5-3-12(4-6-14)11-1-2-11/h3-6,8,10-11H,1-2,7H2. The van der Waals surface area contributed by atoms with Crippen LogP contribution < -0.4 is 0 Å². The van der Waals surface area contributed by atoms with Gasteiger partial charge in [-0.15, -0.1) is 0 Å². The fraction of sp³-hybridized carbons (Fsp3) is 0.286. The first-order valence-electron chi connectivity index (χ1n) is 5.88. The molecule has 1 aliphatic rings. The molecule has 1 aromatic heterocycles. The summed E-state index contributed by atoms with van der Waals surface area (Å²) in [6.45, 7) is 0. The molecule has 1 aliphatic carbocycles. The minimum Gasteiger partial charge on any atom is -0.241 e. The smallest absolute Gasteiger partial charge is 0.0793 e. The maximum Gasteiger partial charge on any atom is 0.0793 e. The van der Waals surface area contributed by atoms with Crippen LogP contribution in [0.15, 0.2) is 36.5 Å². The zero-order valence-corrected chi connectivity index (χ0v) is 9.50. The van der Waals surface area contributed by atoms with Crippen LogP contribution in [0.2, 0.25) is 0 Å². The van der Waals surface area contributed by atoms with Crippen molar-refractivity contribution in [2.75, 3.05) is 0 Å². The van der Waals surface area contributed by atoms with E-state index in [9.17, 15) is 0 Å². The van der Waals surface area contributed by atoms with Crippen LogP contribution in [-0.2, 0) is 6.42 Å². The molecule has 0 amide bonds. The van der Waals surface area contributed by atoms with E-state index in [0.29, 0.717) is 6.42 Å². The van der Waals surface area contributed by atoms with Crippen LogP contribution >= 0.6 is 0 Å². The van der Waals surface area contributed by atoms with Crippen molar-refractivity contribution in [2.45, 2.75) is 25.2 Å². The highest BCUT2D eigenvalue weighted by Gasteiger charge is 2.22. The number of hydrogen-bond donors (Lipinski definition) is 0. The monoisotopic (exact) mass is 223 g/mol. The summed E-state index contributed by atoms with van der Waals surface area (Å²) in [4.78, 5) is 0. The van der Waals surface area contributed by atoms with Crippen molar-refractivity contribution in [3.8, 4) is 11.8 Å². The lowest BCUT2D eigenvalue weighted by molar-refractivity contribution is 0.852. The van der Waals surface area contributed by atoms with E-state index in [0.717, 1.165) is 17.3 Å². The molecule has 3 rings (SSSR count). The van der Waals surface area contributed by atoms with Crippen LogP contribution in [-0.4, -0.2) is 9.78 Å². The second-order valence-corrected chi connectivity index (χ2v) is 4.45. The van der Waals surface area contributed by atoms with Gasteiger partial charge >= 0.3 is 0 Å². The van der Waals surface area contributed by atoms with E-state index in [1.165, 1.54) is 18.4 Å². The average molecular weight is 223 g/mol. The van der Waals surface area contributed by atoms with Gasteiger partial charge in [0.05, 0.1) is 23.9 Å². The number of hydrogen-bond acceptors (Lipinski definition) is 2. The highest BCUT2D eigenvalue weighted by atomic mass is 15.3. The van der Waals surface area contributed by atoms with Crippen molar-refractivity contribution in [1.29, 1.82) is 5.26 Å². The molecular weight excluding hydrogens is 210 g/mol. The van der Waals surface area contributed by atoms with Crippen molar-refractivity contribution in [2.24, 2.45) is 0 Å². The van der Waals surface area contributed by atoms with Gasteiger partial charge in [-0.2, -0.15) is 10.4 Å². The van der Waals surface area contributed by atoms with E-state index >= 15 is 0 Å². The highest BCUT2D eigenvalue weighted by Crippen LogP contribution is 2.40. The fourth-order valence-electron chi connectivity index (χ4n) is 2.00. The Balaban J connectivity index is 1.84. The van der Waals surface area contributed by atoms with Gasteiger partial charge in [-0.25, -0.2) is 4.68 Å². The van der Waals surface area contributed by atoms with Gasteiger partial charge in [0.15, 0.2) is 0 Å². The van der Waals surface area contributed by atoms with E-state index in [1.54, 1.807) is 0 Å².